The fourth-order valence-electron chi connectivity index (χ4n) is 1.74. The number of hydrogen-bond donors (Lipinski definition) is 2. The van der Waals surface area contributed by atoms with Gasteiger partial charge in [-0.05, 0) is 23.4 Å². The number of nitrogens with one attached hydrogen (secondary N) is 1. The van der Waals surface area contributed by atoms with Crippen LogP contribution >= 0.6 is 11.3 Å². The van der Waals surface area contributed by atoms with Crippen LogP contribution in [0.4, 0.5) is 0 Å². The molecule has 0 saturated heterocycles. The summed E-state index contributed by atoms with van der Waals surface area (Å²) in [7, 11) is -3.53. The predicted molar refractivity (Wildman–Crippen MR) is 75.6 cm³/mol. The van der Waals surface area contributed by atoms with Crippen LogP contribution in [-0.2, 0) is 23.1 Å². The molecular formula is C13H15NO3S2. The molecule has 0 bridgehead atoms. The van der Waals surface area contributed by atoms with Gasteiger partial charge in [0.25, 0.3) is 0 Å². The van der Waals surface area contributed by atoms with Crippen LogP contribution in [-0.4, -0.2) is 20.1 Å². The smallest absolute Gasteiger partial charge is 0.241 e. The highest BCUT2D eigenvalue weighted by atomic mass is 32.2. The molecular weight excluding hydrogens is 282 g/mol. The van der Waals surface area contributed by atoms with Gasteiger partial charge in [0, 0.05) is 11.4 Å². The molecule has 0 radical (unpaired) electrons. The van der Waals surface area contributed by atoms with Gasteiger partial charge >= 0.3 is 0 Å². The van der Waals surface area contributed by atoms with Crippen LogP contribution in [0.3, 0.4) is 0 Å². The van der Waals surface area contributed by atoms with Gasteiger partial charge in [-0.25, -0.2) is 13.1 Å². The minimum atomic E-state index is -3.53. The molecule has 0 spiro atoms. The van der Waals surface area contributed by atoms with Crippen molar-refractivity contribution >= 4 is 21.4 Å². The van der Waals surface area contributed by atoms with Crippen molar-refractivity contribution in [1.82, 2.24) is 4.72 Å². The second kappa shape index (κ2) is 6.29. The molecule has 0 aliphatic heterocycles. The molecule has 1 aromatic carbocycles. The molecule has 0 saturated carbocycles. The van der Waals surface area contributed by atoms with Crippen molar-refractivity contribution in [3.05, 3.63) is 52.2 Å². The van der Waals surface area contributed by atoms with E-state index in [0.717, 1.165) is 5.56 Å². The third-order valence-corrected chi connectivity index (χ3v) is 5.27. The quantitative estimate of drug-likeness (QED) is 0.854. The fourth-order valence-corrected chi connectivity index (χ4v) is 4.06. The number of sulfonamides is 1. The number of hydrogen-bond acceptors (Lipinski definition) is 4. The average molecular weight is 297 g/mol. The van der Waals surface area contributed by atoms with Gasteiger partial charge in [-0.3, -0.25) is 0 Å². The van der Waals surface area contributed by atoms with E-state index in [2.05, 4.69) is 4.72 Å². The number of benzene rings is 1. The number of aliphatic hydroxyl groups is 1. The lowest BCUT2D eigenvalue weighted by Gasteiger charge is -2.06. The van der Waals surface area contributed by atoms with Crippen molar-refractivity contribution in [1.29, 1.82) is 0 Å². The summed E-state index contributed by atoms with van der Waals surface area (Å²) in [5.41, 5.74) is 1.08. The number of rotatable bonds is 6. The zero-order chi connectivity index (χ0) is 13.7. The van der Waals surface area contributed by atoms with Gasteiger partial charge in [0.05, 0.1) is 11.5 Å². The van der Waals surface area contributed by atoms with Crippen LogP contribution in [0, 0.1) is 0 Å². The Hall–Kier alpha value is -1.21. The van der Waals surface area contributed by atoms with Crippen molar-refractivity contribution < 1.29 is 13.5 Å². The maximum absolute atomic E-state index is 12.0. The Labute approximate surface area is 116 Å². The van der Waals surface area contributed by atoms with Gasteiger partial charge in [-0.15, -0.1) is 11.3 Å². The van der Waals surface area contributed by atoms with E-state index >= 15 is 0 Å². The van der Waals surface area contributed by atoms with Crippen molar-refractivity contribution in [3.63, 3.8) is 0 Å². The Morgan fingerprint density at radius 3 is 2.58 bits per heavy atom. The van der Waals surface area contributed by atoms with E-state index in [1.165, 1.54) is 17.4 Å². The lowest BCUT2D eigenvalue weighted by molar-refractivity contribution is 0.282. The highest BCUT2D eigenvalue weighted by Crippen LogP contribution is 2.21. The molecule has 2 N–H and O–H groups in total. The minimum absolute atomic E-state index is 0.174. The van der Waals surface area contributed by atoms with E-state index in [4.69, 9.17) is 5.11 Å². The highest BCUT2D eigenvalue weighted by molar-refractivity contribution is 7.89. The van der Waals surface area contributed by atoms with E-state index in [9.17, 15) is 8.42 Å². The van der Waals surface area contributed by atoms with Crippen molar-refractivity contribution in [2.45, 2.75) is 17.9 Å². The Morgan fingerprint density at radius 1 is 1.16 bits per heavy atom. The van der Waals surface area contributed by atoms with Crippen LogP contribution in [0.2, 0.25) is 0 Å². The zero-order valence-electron chi connectivity index (χ0n) is 10.2. The molecule has 102 valence electrons. The van der Waals surface area contributed by atoms with E-state index < -0.39 is 10.0 Å². The first-order chi connectivity index (χ1) is 9.13. The third kappa shape index (κ3) is 3.63. The summed E-state index contributed by atoms with van der Waals surface area (Å²) in [6, 6.07) is 11.2. The van der Waals surface area contributed by atoms with Crippen molar-refractivity contribution in [3.8, 4) is 0 Å². The lowest BCUT2D eigenvalue weighted by Crippen LogP contribution is -2.26. The van der Waals surface area contributed by atoms with Crippen molar-refractivity contribution in [2.75, 3.05) is 6.54 Å². The second-order valence-corrected chi connectivity index (χ2v) is 6.74. The summed E-state index contributed by atoms with van der Waals surface area (Å²) in [4.78, 5) is 0.639. The van der Waals surface area contributed by atoms with Gasteiger partial charge in [-0.2, -0.15) is 0 Å². The van der Waals surface area contributed by atoms with Gasteiger partial charge in [0.1, 0.15) is 0 Å². The van der Waals surface area contributed by atoms with E-state index in [1.54, 1.807) is 5.38 Å². The molecule has 0 fully saturated rings. The van der Waals surface area contributed by atoms with Gasteiger partial charge in [0.15, 0.2) is 0 Å². The topological polar surface area (TPSA) is 66.4 Å². The molecule has 0 aliphatic rings. The van der Waals surface area contributed by atoms with Crippen LogP contribution in [0.5, 0.6) is 0 Å². The molecule has 1 heterocycles. The summed E-state index contributed by atoms with van der Waals surface area (Å²) in [6.07, 6.45) is 0.638. The van der Waals surface area contributed by atoms with E-state index in [1.807, 2.05) is 30.3 Å². The van der Waals surface area contributed by atoms with Crippen LogP contribution in [0.25, 0.3) is 0 Å². The van der Waals surface area contributed by atoms with E-state index in [-0.39, 0.29) is 11.5 Å². The summed E-state index contributed by atoms with van der Waals surface area (Å²) in [6.45, 7) is 0.0830. The second-order valence-electron chi connectivity index (χ2n) is 4.00. The summed E-state index contributed by atoms with van der Waals surface area (Å²) in [5, 5.41) is 10.8. The first-order valence-electron chi connectivity index (χ1n) is 5.84. The summed E-state index contributed by atoms with van der Waals surface area (Å²) < 4.78 is 26.6. The van der Waals surface area contributed by atoms with Crippen LogP contribution in [0.15, 0.2) is 46.7 Å². The summed E-state index contributed by atoms with van der Waals surface area (Å²) >= 11 is 1.24. The first-order valence-corrected chi connectivity index (χ1v) is 8.20. The average Bonchev–Trinajstić information content (AvgIpc) is 2.89. The molecule has 2 rings (SSSR count). The molecule has 0 atom stereocenters. The number of thiophene rings is 1. The molecule has 2 aromatic rings. The number of aliphatic hydroxyl groups excluding tert-OH is 1. The van der Waals surface area contributed by atoms with Crippen LogP contribution in [0.1, 0.15) is 10.4 Å². The van der Waals surface area contributed by atoms with Crippen LogP contribution < -0.4 is 4.72 Å². The highest BCUT2D eigenvalue weighted by Gasteiger charge is 2.18. The Bertz CT molecular complexity index is 620. The Balaban J connectivity index is 1.99. The molecule has 1 aromatic heterocycles. The largest absolute Gasteiger partial charge is 0.391 e. The maximum atomic E-state index is 12.0. The molecule has 19 heavy (non-hydrogen) atoms. The predicted octanol–water partition coefficient (Wildman–Crippen LogP) is 1.76. The minimum Gasteiger partial charge on any atom is -0.391 e. The molecule has 4 nitrogen and oxygen atoms in total. The Kier molecular flexibility index (Phi) is 4.71. The maximum Gasteiger partial charge on any atom is 0.241 e. The van der Waals surface area contributed by atoms with Gasteiger partial charge in [0.2, 0.25) is 10.0 Å². The Morgan fingerprint density at radius 2 is 1.89 bits per heavy atom. The monoisotopic (exact) mass is 297 g/mol. The summed E-state index contributed by atoms with van der Waals surface area (Å²) in [5.74, 6) is 0. The fraction of sp³-hybridized carbons (Fsp3) is 0.231. The molecule has 0 unspecified atom stereocenters. The van der Waals surface area contributed by atoms with Gasteiger partial charge < -0.3 is 5.11 Å². The third-order valence-electron chi connectivity index (χ3n) is 2.69. The molecule has 0 amide bonds. The SMILES string of the molecule is O=S(=O)(NCCc1ccccc1)c1ccsc1CO. The van der Waals surface area contributed by atoms with Crippen molar-refractivity contribution in [2.24, 2.45) is 0 Å². The first kappa shape index (κ1) is 14.2. The zero-order valence-corrected chi connectivity index (χ0v) is 11.9. The van der Waals surface area contributed by atoms with Gasteiger partial charge in [-0.1, -0.05) is 30.3 Å². The van der Waals surface area contributed by atoms with E-state index in [0.29, 0.717) is 17.8 Å². The normalized spacial score (nSPS) is 11.6. The molecule has 6 heteroatoms. The molecule has 0 aliphatic carbocycles. The standard InChI is InChI=1S/C13H15NO3S2/c15-10-12-13(7-9-18-12)19(16,17)14-8-6-11-4-2-1-3-5-11/h1-5,7,9,14-15H,6,8,10H2. The lowest BCUT2D eigenvalue weighted by atomic mass is 10.2.